The molecule has 0 aliphatic carbocycles. The van der Waals surface area contributed by atoms with E-state index in [4.69, 9.17) is 0 Å². The molecule has 0 aliphatic rings. The molecule has 150 valence electrons. The quantitative estimate of drug-likeness (QED) is 0.484. The van der Waals surface area contributed by atoms with Crippen molar-refractivity contribution in [3.05, 3.63) is 94.6 Å². The van der Waals surface area contributed by atoms with E-state index >= 15 is 0 Å². The van der Waals surface area contributed by atoms with E-state index in [9.17, 15) is 0 Å². The van der Waals surface area contributed by atoms with E-state index in [1.165, 1.54) is 36.8 Å². The van der Waals surface area contributed by atoms with Gasteiger partial charge in [0.15, 0.2) is 0 Å². The number of nitrogens with zero attached hydrogens (tertiary/aromatic N) is 2. The zero-order valence-corrected chi connectivity index (χ0v) is 17.9. The third kappa shape index (κ3) is 6.91. The summed E-state index contributed by atoms with van der Waals surface area (Å²) >= 11 is 0. The lowest BCUT2D eigenvalue weighted by molar-refractivity contribution is 0.795. The third-order valence-corrected chi connectivity index (χ3v) is 4.87. The number of unbranched alkanes of at least 4 members (excludes halogenated alkanes) is 2. The van der Waals surface area contributed by atoms with Gasteiger partial charge >= 0.3 is 0 Å². The summed E-state index contributed by atoms with van der Waals surface area (Å²) in [5, 5.41) is 0. The fourth-order valence-electron chi connectivity index (χ4n) is 3.00. The van der Waals surface area contributed by atoms with E-state index in [2.05, 4.69) is 96.0 Å². The Hall–Kier alpha value is -3.36. The summed E-state index contributed by atoms with van der Waals surface area (Å²) in [7, 11) is 0. The van der Waals surface area contributed by atoms with Crippen LogP contribution in [0, 0.1) is 23.7 Å². The van der Waals surface area contributed by atoms with Gasteiger partial charge < -0.3 is 0 Å². The standard InChI is InChI=1S/C28H28N2/c1-3-5-7-23-9-13-25(14-10-23)17-19-27-21-30-28(22-29-27)20-18-26-15-11-24(12-16-26)8-6-4-2/h9-16,21-22H,3-8H2,1-2H3. The second-order valence-electron chi connectivity index (χ2n) is 7.39. The van der Waals surface area contributed by atoms with Crippen molar-refractivity contribution in [2.45, 2.75) is 52.4 Å². The summed E-state index contributed by atoms with van der Waals surface area (Å²) in [6, 6.07) is 16.9. The predicted octanol–water partition coefficient (Wildman–Crippen LogP) is 5.96. The molecule has 0 unspecified atom stereocenters. The Morgan fingerprint density at radius 3 is 1.30 bits per heavy atom. The van der Waals surface area contributed by atoms with Crippen LogP contribution in [0.1, 0.15) is 73.2 Å². The molecule has 0 aliphatic heterocycles. The first-order valence-corrected chi connectivity index (χ1v) is 10.8. The molecule has 0 amide bonds. The molecule has 0 N–H and O–H groups in total. The summed E-state index contributed by atoms with van der Waals surface area (Å²) in [4.78, 5) is 8.75. The highest BCUT2D eigenvalue weighted by Crippen LogP contribution is 2.08. The number of aryl methyl sites for hydroxylation is 2. The van der Waals surface area contributed by atoms with E-state index in [0.29, 0.717) is 11.4 Å². The average molecular weight is 393 g/mol. The number of benzene rings is 2. The van der Waals surface area contributed by atoms with Crippen molar-refractivity contribution in [2.24, 2.45) is 0 Å². The molecule has 0 atom stereocenters. The second kappa shape index (κ2) is 11.6. The summed E-state index contributed by atoms with van der Waals surface area (Å²) in [6.45, 7) is 4.42. The van der Waals surface area contributed by atoms with Gasteiger partial charge in [-0.25, -0.2) is 9.97 Å². The first-order chi connectivity index (χ1) is 14.8. The monoisotopic (exact) mass is 392 g/mol. The minimum absolute atomic E-state index is 0.649. The van der Waals surface area contributed by atoms with Crippen LogP contribution in [-0.2, 0) is 12.8 Å². The molecule has 2 aromatic carbocycles. The van der Waals surface area contributed by atoms with Gasteiger partial charge in [0.1, 0.15) is 11.4 Å². The van der Waals surface area contributed by atoms with Crippen molar-refractivity contribution in [1.29, 1.82) is 0 Å². The Balaban J connectivity index is 1.59. The van der Waals surface area contributed by atoms with Gasteiger partial charge in [-0.1, -0.05) is 62.8 Å². The SMILES string of the molecule is CCCCc1ccc(C#Cc2cnc(C#Cc3ccc(CCCC)cc3)cn2)cc1. The molecule has 0 bridgehead atoms. The Bertz CT molecular complexity index is 950. The maximum Gasteiger partial charge on any atom is 0.131 e. The van der Waals surface area contributed by atoms with Gasteiger partial charge in [-0.15, -0.1) is 0 Å². The van der Waals surface area contributed by atoms with Gasteiger partial charge in [-0.3, -0.25) is 0 Å². The minimum Gasteiger partial charge on any atom is -0.243 e. The third-order valence-electron chi connectivity index (χ3n) is 4.87. The lowest BCUT2D eigenvalue weighted by atomic mass is 10.1. The van der Waals surface area contributed by atoms with Crippen molar-refractivity contribution in [1.82, 2.24) is 9.97 Å². The summed E-state index contributed by atoms with van der Waals surface area (Å²) in [6.07, 6.45) is 10.5. The van der Waals surface area contributed by atoms with Crippen molar-refractivity contribution in [3.63, 3.8) is 0 Å². The van der Waals surface area contributed by atoms with Crippen LogP contribution in [0.5, 0.6) is 0 Å². The molecular formula is C28H28N2. The molecule has 2 heteroatoms. The highest BCUT2D eigenvalue weighted by molar-refractivity contribution is 5.43. The molecule has 0 radical (unpaired) electrons. The van der Waals surface area contributed by atoms with Gasteiger partial charge in [0.05, 0.1) is 12.4 Å². The zero-order valence-electron chi connectivity index (χ0n) is 17.9. The fraction of sp³-hybridized carbons (Fsp3) is 0.286. The van der Waals surface area contributed by atoms with Crippen LogP contribution in [0.25, 0.3) is 0 Å². The van der Waals surface area contributed by atoms with Crippen LogP contribution in [0.4, 0.5) is 0 Å². The largest absolute Gasteiger partial charge is 0.243 e. The van der Waals surface area contributed by atoms with Crippen LogP contribution in [0.2, 0.25) is 0 Å². The number of rotatable bonds is 6. The number of hydrogen-bond acceptors (Lipinski definition) is 2. The van der Waals surface area contributed by atoms with Crippen LogP contribution < -0.4 is 0 Å². The van der Waals surface area contributed by atoms with E-state index in [-0.39, 0.29) is 0 Å². The van der Waals surface area contributed by atoms with Crippen LogP contribution >= 0.6 is 0 Å². The second-order valence-corrected chi connectivity index (χ2v) is 7.39. The van der Waals surface area contributed by atoms with Gasteiger partial charge in [-0.2, -0.15) is 0 Å². The van der Waals surface area contributed by atoms with Gasteiger partial charge in [0, 0.05) is 11.1 Å². The zero-order chi connectivity index (χ0) is 21.0. The Kier molecular flexibility index (Phi) is 8.25. The van der Waals surface area contributed by atoms with Crippen molar-refractivity contribution in [2.75, 3.05) is 0 Å². The lowest BCUT2D eigenvalue weighted by Crippen LogP contribution is -1.89. The summed E-state index contributed by atoms with van der Waals surface area (Å²) < 4.78 is 0. The minimum atomic E-state index is 0.649. The molecule has 3 rings (SSSR count). The molecule has 0 spiro atoms. The lowest BCUT2D eigenvalue weighted by Gasteiger charge is -1.99. The molecule has 30 heavy (non-hydrogen) atoms. The normalized spacial score (nSPS) is 9.93. The van der Waals surface area contributed by atoms with Crippen LogP contribution in [0.15, 0.2) is 60.9 Å². The van der Waals surface area contributed by atoms with Crippen LogP contribution in [-0.4, -0.2) is 9.97 Å². The first-order valence-electron chi connectivity index (χ1n) is 10.8. The number of aromatic nitrogens is 2. The van der Waals surface area contributed by atoms with Gasteiger partial charge in [0.25, 0.3) is 0 Å². The molecule has 2 nitrogen and oxygen atoms in total. The first kappa shape index (κ1) is 21.4. The van der Waals surface area contributed by atoms with Gasteiger partial charge in [0.2, 0.25) is 0 Å². The Labute approximate surface area is 180 Å². The van der Waals surface area contributed by atoms with Crippen LogP contribution in [0.3, 0.4) is 0 Å². The summed E-state index contributed by atoms with van der Waals surface area (Å²) in [5.74, 6) is 12.5. The highest BCUT2D eigenvalue weighted by Gasteiger charge is 1.95. The molecule has 0 fully saturated rings. The molecule has 1 heterocycles. The van der Waals surface area contributed by atoms with Crippen molar-refractivity contribution < 1.29 is 0 Å². The molecule has 1 aromatic heterocycles. The number of hydrogen-bond donors (Lipinski definition) is 0. The average Bonchev–Trinajstić information content (AvgIpc) is 2.80. The topological polar surface area (TPSA) is 25.8 Å². The van der Waals surface area contributed by atoms with E-state index in [0.717, 1.165) is 24.0 Å². The predicted molar refractivity (Wildman–Crippen MR) is 124 cm³/mol. The highest BCUT2D eigenvalue weighted by atomic mass is 14.8. The smallest absolute Gasteiger partial charge is 0.131 e. The maximum atomic E-state index is 4.37. The Morgan fingerprint density at radius 2 is 0.967 bits per heavy atom. The maximum absolute atomic E-state index is 4.37. The molecule has 0 saturated carbocycles. The van der Waals surface area contributed by atoms with Crippen molar-refractivity contribution in [3.8, 4) is 23.7 Å². The van der Waals surface area contributed by atoms with Crippen molar-refractivity contribution >= 4 is 0 Å². The Morgan fingerprint density at radius 1 is 0.567 bits per heavy atom. The molecular weight excluding hydrogens is 364 g/mol. The van der Waals surface area contributed by atoms with E-state index < -0.39 is 0 Å². The summed E-state index contributed by atoms with van der Waals surface area (Å²) in [5.41, 5.74) is 6.00. The van der Waals surface area contributed by atoms with E-state index in [1.807, 2.05) is 0 Å². The van der Waals surface area contributed by atoms with Gasteiger partial charge in [-0.05, 0) is 72.9 Å². The fourth-order valence-corrected chi connectivity index (χ4v) is 3.00. The van der Waals surface area contributed by atoms with E-state index in [1.54, 1.807) is 12.4 Å². The molecule has 3 aromatic rings. The molecule has 0 saturated heterocycles.